The van der Waals surface area contributed by atoms with Gasteiger partial charge in [0, 0.05) is 29.9 Å². The Kier molecular flexibility index (Phi) is 3.41. The predicted octanol–water partition coefficient (Wildman–Crippen LogP) is 2.62. The minimum absolute atomic E-state index is 0.0917. The molecule has 2 rings (SSSR count). The van der Waals surface area contributed by atoms with Crippen LogP contribution < -0.4 is 0 Å². The van der Waals surface area contributed by atoms with Gasteiger partial charge < -0.3 is 4.90 Å². The maximum Gasteiger partial charge on any atom is 0.254 e. The lowest BCUT2D eigenvalue weighted by atomic mass is 9.96. The number of nitrogens with zero attached hydrogens (tertiary/aromatic N) is 2. The lowest BCUT2D eigenvalue weighted by Crippen LogP contribution is -2.47. The molecule has 1 aliphatic heterocycles. The monoisotopic (exact) mass is 236 g/mol. The Labute approximate surface area is 101 Å². The van der Waals surface area contributed by atoms with Crippen molar-refractivity contribution in [3.63, 3.8) is 0 Å². The molecule has 0 aromatic carbocycles. The third-order valence-corrected chi connectivity index (χ3v) is 3.40. The summed E-state index contributed by atoms with van der Waals surface area (Å²) in [5.41, 5.74) is 0.387. The Hall–Kier alpha value is -1.45. The van der Waals surface area contributed by atoms with Gasteiger partial charge in [0.25, 0.3) is 5.91 Å². The van der Waals surface area contributed by atoms with Gasteiger partial charge in [0.05, 0.1) is 0 Å². The summed E-state index contributed by atoms with van der Waals surface area (Å²) in [6.45, 7) is 4.09. The molecule has 1 fully saturated rings. The van der Waals surface area contributed by atoms with Gasteiger partial charge in [-0.1, -0.05) is 0 Å². The SMILES string of the molecule is CC1CCCC(C)N1C(=O)c1ccnc(F)c1. The van der Waals surface area contributed by atoms with Gasteiger partial charge in [0.2, 0.25) is 5.95 Å². The van der Waals surface area contributed by atoms with Crippen LogP contribution in [0.4, 0.5) is 4.39 Å². The Morgan fingerprint density at radius 3 is 2.65 bits per heavy atom. The molecule has 2 atom stereocenters. The summed E-state index contributed by atoms with van der Waals surface area (Å²) in [5.74, 6) is -0.695. The molecule has 1 saturated heterocycles. The first kappa shape index (κ1) is 12.0. The molecular weight excluding hydrogens is 219 g/mol. The third-order valence-electron chi connectivity index (χ3n) is 3.40. The Morgan fingerprint density at radius 2 is 2.06 bits per heavy atom. The number of aromatic nitrogens is 1. The highest BCUT2D eigenvalue weighted by Crippen LogP contribution is 2.24. The molecule has 0 aliphatic carbocycles. The molecule has 0 spiro atoms. The quantitative estimate of drug-likeness (QED) is 0.702. The van der Waals surface area contributed by atoms with E-state index < -0.39 is 5.95 Å². The second-order valence-corrected chi connectivity index (χ2v) is 4.71. The van der Waals surface area contributed by atoms with E-state index in [4.69, 9.17) is 0 Å². The van der Waals surface area contributed by atoms with E-state index in [9.17, 15) is 9.18 Å². The number of carbonyl (C=O) groups is 1. The van der Waals surface area contributed by atoms with E-state index in [1.165, 1.54) is 12.3 Å². The summed E-state index contributed by atoms with van der Waals surface area (Å²) in [6.07, 6.45) is 4.52. The second-order valence-electron chi connectivity index (χ2n) is 4.71. The molecule has 92 valence electrons. The van der Waals surface area contributed by atoms with Gasteiger partial charge in [-0.15, -0.1) is 0 Å². The van der Waals surface area contributed by atoms with Crippen molar-refractivity contribution in [1.29, 1.82) is 0 Å². The number of likely N-dealkylation sites (tertiary alicyclic amines) is 1. The van der Waals surface area contributed by atoms with Crippen LogP contribution in [-0.2, 0) is 0 Å². The molecule has 1 amide bonds. The first-order valence-corrected chi connectivity index (χ1v) is 6.04. The molecule has 1 aromatic rings. The van der Waals surface area contributed by atoms with Crippen molar-refractivity contribution in [2.45, 2.75) is 45.2 Å². The average molecular weight is 236 g/mol. The first-order chi connectivity index (χ1) is 8.09. The van der Waals surface area contributed by atoms with Crippen molar-refractivity contribution in [3.8, 4) is 0 Å². The number of halogens is 1. The van der Waals surface area contributed by atoms with Crippen LogP contribution in [0.3, 0.4) is 0 Å². The van der Waals surface area contributed by atoms with Gasteiger partial charge in [0.15, 0.2) is 0 Å². The van der Waals surface area contributed by atoms with Crippen molar-refractivity contribution in [3.05, 3.63) is 29.8 Å². The molecule has 1 aromatic heterocycles. The van der Waals surface area contributed by atoms with E-state index in [-0.39, 0.29) is 18.0 Å². The van der Waals surface area contributed by atoms with Gasteiger partial charge in [-0.25, -0.2) is 4.98 Å². The molecule has 17 heavy (non-hydrogen) atoms. The van der Waals surface area contributed by atoms with E-state index in [1.807, 2.05) is 18.7 Å². The average Bonchev–Trinajstić information content (AvgIpc) is 2.28. The minimum Gasteiger partial charge on any atom is -0.333 e. The number of piperidine rings is 1. The van der Waals surface area contributed by atoms with Crippen molar-refractivity contribution < 1.29 is 9.18 Å². The highest BCUT2D eigenvalue weighted by atomic mass is 19.1. The maximum atomic E-state index is 13.0. The maximum absolute atomic E-state index is 13.0. The summed E-state index contributed by atoms with van der Waals surface area (Å²) >= 11 is 0. The molecule has 0 radical (unpaired) electrons. The van der Waals surface area contributed by atoms with Crippen LogP contribution in [0.25, 0.3) is 0 Å². The number of carbonyl (C=O) groups excluding carboxylic acids is 1. The van der Waals surface area contributed by atoms with Crippen molar-refractivity contribution in [2.24, 2.45) is 0 Å². The van der Waals surface area contributed by atoms with E-state index in [1.54, 1.807) is 6.07 Å². The minimum atomic E-state index is -0.604. The summed E-state index contributed by atoms with van der Waals surface area (Å²) in [4.78, 5) is 17.6. The zero-order valence-electron chi connectivity index (χ0n) is 10.2. The fourth-order valence-corrected chi connectivity index (χ4v) is 2.51. The van der Waals surface area contributed by atoms with Crippen molar-refractivity contribution in [1.82, 2.24) is 9.88 Å². The topological polar surface area (TPSA) is 33.2 Å². The molecule has 2 heterocycles. The number of hydrogen-bond donors (Lipinski definition) is 0. The predicted molar refractivity (Wildman–Crippen MR) is 63.1 cm³/mol. The summed E-state index contributed by atoms with van der Waals surface area (Å²) in [6, 6.07) is 3.22. The van der Waals surface area contributed by atoms with E-state index in [0.29, 0.717) is 5.56 Å². The second kappa shape index (κ2) is 4.82. The molecule has 1 aliphatic rings. The van der Waals surface area contributed by atoms with Crippen LogP contribution in [0, 0.1) is 5.95 Å². The molecule has 0 bridgehead atoms. The first-order valence-electron chi connectivity index (χ1n) is 6.04. The zero-order chi connectivity index (χ0) is 12.4. The number of rotatable bonds is 1. The molecule has 0 N–H and O–H groups in total. The smallest absolute Gasteiger partial charge is 0.254 e. The normalized spacial score (nSPS) is 24.8. The van der Waals surface area contributed by atoms with Gasteiger partial charge in [0.1, 0.15) is 0 Å². The van der Waals surface area contributed by atoms with Crippen molar-refractivity contribution >= 4 is 5.91 Å². The van der Waals surface area contributed by atoms with Crippen LogP contribution in [-0.4, -0.2) is 27.9 Å². The molecular formula is C13H17FN2O. The van der Waals surface area contributed by atoms with Gasteiger partial charge in [-0.3, -0.25) is 4.79 Å². The van der Waals surface area contributed by atoms with Crippen molar-refractivity contribution in [2.75, 3.05) is 0 Å². The highest BCUT2D eigenvalue weighted by Gasteiger charge is 2.29. The van der Waals surface area contributed by atoms with Gasteiger partial charge in [-0.05, 0) is 39.2 Å². The summed E-state index contributed by atoms with van der Waals surface area (Å²) in [5, 5.41) is 0. The van der Waals surface area contributed by atoms with E-state index in [0.717, 1.165) is 19.3 Å². The standard InChI is InChI=1S/C13H17FN2O/c1-9-4-3-5-10(2)16(9)13(17)11-6-7-15-12(14)8-11/h6-10H,3-5H2,1-2H3. The van der Waals surface area contributed by atoms with E-state index >= 15 is 0 Å². The zero-order valence-corrected chi connectivity index (χ0v) is 10.2. The van der Waals surface area contributed by atoms with E-state index in [2.05, 4.69) is 4.98 Å². The fourth-order valence-electron chi connectivity index (χ4n) is 2.51. The molecule has 3 nitrogen and oxygen atoms in total. The third kappa shape index (κ3) is 2.46. The Bertz CT molecular complexity index is 412. The summed E-state index contributed by atoms with van der Waals surface area (Å²) in [7, 11) is 0. The number of amides is 1. The van der Waals surface area contributed by atoms with Crippen LogP contribution in [0.15, 0.2) is 18.3 Å². The molecule has 2 unspecified atom stereocenters. The lowest BCUT2D eigenvalue weighted by molar-refractivity contribution is 0.0510. The summed E-state index contributed by atoms with van der Waals surface area (Å²) < 4.78 is 13.0. The number of hydrogen-bond acceptors (Lipinski definition) is 2. The fraction of sp³-hybridized carbons (Fsp3) is 0.538. The number of pyridine rings is 1. The Morgan fingerprint density at radius 1 is 1.41 bits per heavy atom. The van der Waals surface area contributed by atoms with Crippen LogP contribution in [0.1, 0.15) is 43.5 Å². The highest BCUT2D eigenvalue weighted by molar-refractivity contribution is 5.94. The van der Waals surface area contributed by atoms with Crippen LogP contribution in [0.2, 0.25) is 0 Å². The van der Waals surface area contributed by atoms with Gasteiger partial charge >= 0.3 is 0 Å². The Balaban J connectivity index is 2.24. The van der Waals surface area contributed by atoms with Crippen LogP contribution in [0.5, 0.6) is 0 Å². The molecule has 0 saturated carbocycles. The lowest BCUT2D eigenvalue weighted by Gasteiger charge is -2.39. The largest absolute Gasteiger partial charge is 0.333 e. The van der Waals surface area contributed by atoms with Gasteiger partial charge in [-0.2, -0.15) is 4.39 Å². The molecule has 4 heteroatoms. The van der Waals surface area contributed by atoms with Crippen LogP contribution >= 0.6 is 0 Å².